The summed E-state index contributed by atoms with van der Waals surface area (Å²) in [5.41, 5.74) is 0. The zero-order valence-corrected chi connectivity index (χ0v) is 10.1. The fourth-order valence-corrected chi connectivity index (χ4v) is 1.29. The van der Waals surface area contributed by atoms with Crippen LogP contribution in [0.2, 0.25) is 5.02 Å². The van der Waals surface area contributed by atoms with Gasteiger partial charge in [0.15, 0.2) is 11.5 Å². The lowest BCUT2D eigenvalue weighted by Crippen LogP contribution is -1.80. The molecule has 0 saturated carbocycles. The summed E-state index contributed by atoms with van der Waals surface area (Å²) < 4.78 is 4.79. The van der Waals surface area contributed by atoms with Crippen LogP contribution in [-0.2, 0) is 0 Å². The van der Waals surface area contributed by atoms with Gasteiger partial charge in [0.25, 0.3) is 0 Å². The van der Waals surface area contributed by atoms with E-state index in [0.29, 0.717) is 10.8 Å². The Kier molecular flexibility index (Phi) is 5.17. The van der Waals surface area contributed by atoms with E-state index in [4.69, 9.17) is 26.6 Å². The first-order chi connectivity index (χ1) is 8.13. The Morgan fingerprint density at radius 1 is 1.00 bits per heavy atom. The lowest BCUT2D eigenvalue weighted by molar-refractivity contribution is 0.373. The molecule has 2 aromatic rings. The molecule has 0 atom stereocenters. The van der Waals surface area contributed by atoms with Gasteiger partial charge in [-0.2, -0.15) is 0 Å². The van der Waals surface area contributed by atoms with Crippen LogP contribution in [-0.4, -0.2) is 17.3 Å². The molecule has 2 aromatic carbocycles. The van der Waals surface area contributed by atoms with Crippen molar-refractivity contribution in [1.82, 2.24) is 0 Å². The zero-order valence-electron chi connectivity index (χ0n) is 9.30. The molecule has 0 spiro atoms. The number of hydrogen-bond acceptors (Lipinski definition) is 3. The average molecular weight is 253 g/mol. The number of hydrogen-bond donors (Lipinski definition) is 2. The van der Waals surface area contributed by atoms with Crippen LogP contribution in [0.3, 0.4) is 0 Å². The van der Waals surface area contributed by atoms with Crippen molar-refractivity contribution >= 4 is 11.6 Å². The number of rotatable bonds is 1. The minimum atomic E-state index is 0.181. The third-order valence-electron chi connectivity index (χ3n) is 1.89. The molecule has 0 aliphatic carbocycles. The number of ether oxygens (including phenoxy) is 1. The Morgan fingerprint density at radius 3 is 2.12 bits per heavy atom. The van der Waals surface area contributed by atoms with Crippen LogP contribution in [0, 0.1) is 0 Å². The predicted molar refractivity (Wildman–Crippen MR) is 67.8 cm³/mol. The second kappa shape index (κ2) is 6.66. The van der Waals surface area contributed by atoms with E-state index in [9.17, 15) is 0 Å². The number of methoxy groups -OCH3 is 1. The van der Waals surface area contributed by atoms with Gasteiger partial charge in [-0.25, -0.2) is 0 Å². The highest BCUT2D eigenvalue weighted by atomic mass is 35.5. The first-order valence-electron chi connectivity index (χ1n) is 4.90. The van der Waals surface area contributed by atoms with Crippen molar-refractivity contribution in [2.45, 2.75) is 0 Å². The number of benzene rings is 2. The van der Waals surface area contributed by atoms with E-state index >= 15 is 0 Å². The molecule has 2 N–H and O–H groups in total. The third kappa shape index (κ3) is 4.66. The number of aromatic hydroxyl groups is 2. The van der Waals surface area contributed by atoms with Crippen LogP contribution in [0.15, 0.2) is 48.5 Å². The first kappa shape index (κ1) is 13.2. The largest absolute Gasteiger partial charge is 0.508 e. The molecule has 0 aliphatic rings. The Labute approximate surface area is 105 Å². The molecule has 17 heavy (non-hydrogen) atoms. The Balaban J connectivity index is 0.000000171. The molecule has 0 amide bonds. The number of para-hydroxylation sites is 2. The summed E-state index contributed by atoms with van der Waals surface area (Å²) >= 11 is 5.48. The van der Waals surface area contributed by atoms with Gasteiger partial charge >= 0.3 is 0 Å². The molecule has 0 heterocycles. The van der Waals surface area contributed by atoms with Crippen molar-refractivity contribution in [3.63, 3.8) is 0 Å². The molecule has 2 rings (SSSR count). The van der Waals surface area contributed by atoms with Gasteiger partial charge in [0, 0.05) is 5.02 Å². The average Bonchev–Trinajstić information content (AvgIpc) is 2.30. The molecular weight excluding hydrogens is 240 g/mol. The van der Waals surface area contributed by atoms with Crippen molar-refractivity contribution in [1.29, 1.82) is 0 Å². The smallest absolute Gasteiger partial charge is 0.160 e. The molecule has 4 heteroatoms. The molecule has 0 saturated heterocycles. The standard InChI is InChI=1S/C7H8O2.C6H5ClO/c1-9-7-5-3-2-4-6(7)8;7-5-2-1-3-6(8)4-5/h2-5,8H,1H3;1-4,8H. The number of phenolic OH excluding ortho intramolecular Hbond substituents is 2. The van der Waals surface area contributed by atoms with Gasteiger partial charge in [-0.15, -0.1) is 0 Å². The molecular formula is C13H13ClO3. The lowest BCUT2D eigenvalue weighted by atomic mass is 10.3. The molecule has 90 valence electrons. The van der Waals surface area contributed by atoms with E-state index in [1.54, 1.807) is 42.5 Å². The topological polar surface area (TPSA) is 49.7 Å². The summed E-state index contributed by atoms with van der Waals surface area (Å²) in [6.07, 6.45) is 0. The molecule has 3 nitrogen and oxygen atoms in total. The van der Waals surface area contributed by atoms with Crippen molar-refractivity contribution in [2.24, 2.45) is 0 Å². The molecule has 0 aliphatic heterocycles. The van der Waals surface area contributed by atoms with Crippen molar-refractivity contribution < 1.29 is 14.9 Å². The predicted octanol–water partition coefficient (Wildman–Crippen LogP) is 3.45. The quantitative estimate of drug-likeness (QED) is 0.817. The maximum Gasteiger partial charge on any atom is 0.160 e. The summed E-state index contributed by atoms with van der Waals surface area (Å²) in [6.45, 7) is 0. The molecule has 0 radical (unpaired) electrons. The van der Waals surface area contributed by atoms with Crippen molar-refractivity contribution in [3.05, 3.63) is 53.6 Å². The van der Waals surface area contributed by atoms with Gasteiger partial charge in [-0.1, -0.05) is 29.8 Å². The van der Waals surface area contributed by atoms with Gasteiger partial charge < -0.3 is 14.9 Å². The highest BCUT2D eigenvalue weighted by molar-refractivity contribution is 6.30. The van der Waals surface area contributed by atoms with Crippen LogP contribution in [0.25, 0.3) is 0 Å². The van der Waals surface area contributed by atoms with Gasteiger partial charge in [-0.05, 0) is 30.3 Å². The minimum absolute atomic E-state index is 0.181. The van der Waals surface area contributed by atoms with E-state index in [1.165, 1.54) is 13.2 Å². The Hall–Kier alpha value is -1.87. The maximum absolute atomic E-state index is 8.99. The molecule has 0 bridgehead atoms. The van der Waals surface area contributed by atoms with Gasteiger partial charge in [0.2, 0.25) is 0 Å². The second-order valence-corrected chi connectivity index (χ2v) is 3.59. The number of halogens is 1. The third-order valence-corrected chi connectivity index (χ3v) is 2.13. The van der Waals surface area contributed by atoms with E-state index < -0.39 is 0 Å². The highest BCUT2D eigenvalue weighted by Gasteiger charge is 1.94. The van der Waals surface area contributed by atoms with Crippen molar-refractivity contribution in [3.8, 4) is 17.2 Å². The van der Waals surface area contributed by atoms with Crippen LogP contribution in [0.5, 0.6) is 17.2 Å². The Bertz CT molecular complexity index is 454. The van der Waals surface area contributed by atoms with Gasteiger partial charge in [-0.3, -0.25) is 0 Å². The normalized spacial score (nSPS) is 9.06. The monoisotopic (exact) mass is 252 g/mol. The van der Waals surface area contributed by atoms with E-state index in [1.807, 2.05) is 0 Å². The van der Waals surface area contributed by atoms with Crippen LogP contribution >= 0.6 is 11.6 Å². The second-order valence-electron chi connectivity index (χ2n) is 3.15. The fraction of sp³-hybridized carbons (Fsp3) is 0.0769. The number of phenols is 2. The fourth-order valence-electron chi connectivity index (χ4n) is 1.11. The van der Waals surface area contributed by atoms with E-state index in [0.717, 1.165) is 0 Å². The molecule has 0 fully saturated rings. The summed E-state index contributed by atoms with van der Waals surface area (Å²) in [6, 6.07) is 13.3. The first-order valence-corrected chi connectivity index (χ1v) is 5.28. The lowest BCUT2D eigenvalue weighted by Gasteiger charge is -1.99. The summed E-state index contributed by atoms with van der Waals surface area (Å²) in [7, 11) is 1.52. The van der Waals surface area contributed by atoms with E-state index in [2.05, 4.69) is 0 Å². The summed E-state index contributed by atoms with van der Waals surface area (Å²) in [5, 5.41) is 18.3. The van der Waals surface area contributed by atoms with Crippen LogP contribution < -0.4 is 4.74 Å². The van der Waals surface area contributed by atoms with Crippen LogP contribution in [0.4, 0.5) is 0 Å². The summed E-state index contributed by atoms with van der Waals surface area (Å²) in [4.78, 5) is 0. The summed E-state index contributed by atoms with van der Waals surface area (Å²) in [5.74, 6) is 0.898. The van der Waals surface area contributed by atoms with E-state index in [-0.39, 0.29) is 11.5 Å². The van der Waals surface area contributed by atoms with Gasteiger partial charge in [0.05, 0.1) is 7.11 Å². The Morgan fingerprint density at radius 2 is 1.71 bits per heavy atom. The maximum atomic E-state index is 8.99. The highest BCUT2D eigenvalue weighted by Crippen LogP contribution is 2.23. The molecule has 0 unspecified atom stereocenters. The van der Waals surface area contributed by atoms with Gasteiger partial charge in [0.1, 0.15) is 5.75 Å². The zero-order chi connectivity index (χ0) is 12.7. The van der Waals surface area contributed by atoms with Crippen LogP contribution in [0.1, 0.15) is 0 Å². The molecule has 0 aromatic heterocycles. The minimum Gasteiger partial charge on any atom is -0.508 e. The SMILES string of the molecule is COc1ccccc1O.Oc1cccc(Cl)c1. The van der Waals surface area contributed by atoms with Crippen molar-refractivity contribution in [2.75, 3.05) is 7.11 Å².